The zero-order valence-corrected chi connectivity index (χ0v) is 17.8. The molecule has 0 unspecified atom stereocenters. The van der Waals surface area contributed by atoms with Crippen LogP contribution in [0.5, 0.6) is 5.75 Å². The lowest BCUT2D eigenvalue weighted by atomic mass is 10.1. The Labute approximate surface area is 181 Å². The molecule has 4 rings (SSSR count). The van der Waals surface area contributed by atoms with Crippen LogP contribution in [0.15, 0.2) is 59.1 Å². The molecule has 0 saturated carbocycles. The largest absolute Gasteiger partial charge is 0.497 e. The molecular weight excluding hydrogens is 392 g/mol. The Kier molecular flexibility index (Phi) is 6.43. The van der Waals surface area contributed by atoms with Crippen LogP contribution in [0.1, 0.15) is 17.0 Å². The minimum atomic E-state index is 0.0415. The number of rotatable bonds is 6. The lowest BCUT2D eigenvalue weighted by molar-refractivity contribution is -0.127. The van der Waals surface area contributed by atoms with Crippen LogP contribution in [-0.4, -0.2) is 59.1 Å². The van der Waals surface area contributed by atoms with E-state index in [0.29, 0.717) is 31.3 Å². The van der Waals surface area contributed by atoms with Gasteiger partial charge in [0, 0.05) is 37.8 Å². The molecule has 0 radical (unpaired) electrons. The number of carbonyl (C=O) groups excluding carboxylic acids is 1. The van der Waals surface area contributed by atoms with Crippen molar-refractivity contribution < 1.29 is 14.1 Å². The standard InChI is InChI=1S/C24H26N4O3/c1-18-3-5-19(6-4-18)7-12-23(29)28-15-13-27(14-16-28)17-22-25-24(26-31-22)20-8-10-21(30-2)11-9-20/h3-12H,13-17H2,1-2H3/b12-7+. The van der Waals surface area contributed by atoms with Gasteiger partial charge < -0.3 is 14.2 Å². The monoisotopic (exact) mass is 418 g/mol. The van der Waals surface area contributed by atoms with Crippen molar-refractivity contribution in [3.8, 4) is 17.1 Å². The van der Waals surface area contributed by atoms with E-state index in [-0.39, 0.29) is 5.91 Å². The van der Waals surface area contributed by atoms with Crippen LogP contribution < -0.4 is 4.74 Å². The Hall–Kier alpha value is -3.45. The highest BCUT2D eigenvalue weighted by Crippen LogP contribution is 2.20. The highest BCUT2D eigenvalue weighted by atomic mass is 16.5. The van der Waals surface area contributed by atoms with Crippen LogP contribution in [0.25, 0.3) is 17.5 Å². The lowest BCUT2D eigenvalue weighted by Crippen LogP contribution is -2.47. The van der Waals surface area contributed by atoms with Gasteiger partial charge in [-0.3, -0.25) is 9.69 Å². The Morgan fingerprint density at radius 1 is 1.06 bits per heavy atom. The molecule has 2 heterocycles. The maximum Gasteiger partial charge on any atom is 0.246 e. The number of methoxy groups -OCH3 is 1. The Bertz CT molecular complexity index is 1030. The fourth-order valence-electron chi connectivity index (χ4n) is 3.44. The third kappa shape index (κ3) is 5.38. The first-order valence-electron chi connectivity index (χ1n) is 10.3. The van der Waals surface area contributed by atoms with Crippen molar-refractivity contribution in [1.29, 1.82) is 0 Å². The van der Waals surface area contributed by atoms with Gasteiger partial charge >= 0.3 is 0 Å². The number of carbonyl (C=O) groups is 1. The van der Waals surface area contributed by atoms with E-state index in [0.717, 1.165) is 30.0 Å². The number of nitrogens with zero attached hydrogens (tertiary/aromatic N) is 4. The molecular formula is C24H26N4O3. The zero-order valence-electron chi connectivity index (χ0n) is 17.8. The number of amides is 1. The summed E-state index contributed by atoms with van der Waals surface area (Å²) in [6, 6.07) is 15.7. The van der Waals surface area contributed by atoms with E-state index in [4.69, 9.17) is 9.26 Å². The fourth-order valence-corrected chi connectivity index (χ4v) is 3.44. The van der Waals surface area contributed by atoms with E-state index in [1.54, 1.807) is 13.2 Å². The van der Waals surface area contributed by atoms with Gasteiger partial charge in [-0.1, -0.05) is 35.0 Å². The van der Waals surface area contributed by atoms with Crippen LogP contribution in [0.4, 0.5) is 0 Å². The smallest absolute Gasteiger partial charge is 0.246 e. The van der Waals surface area contributed by atoms with E-state index in [9.17, 15) is 4.79 Å². The summed E-state index contributed by atoms with van der Waals surface area (Å²) in [4.78, 5) is 21.1. The van der Waals surface area contributed by atoms with Gasteiger partial charge in [-0.25, -0.2) is 0 Å². The van der Waals surface area contributed by atoms with Crippen molar-refractivity contribution in [3.05, 3.63) is 71.6 Å². The van der Waals surface area contributed by atoms with E-state index in [2.05, 4.69) is 15.0 Å². The molecule has 0 spiro atoms. The van der Waals surface area contributed by atoms with Crippen LogP contribution in [0.3, 0.4) is 0 Å². The summed E-state index contributed by atoms with van der Waals surface area (Å²) in [5.41, 5.74) is 3.12. The first-order chi connectivity index (χ1) is 15.1. The van der Waals surface area contributed by atoms with Gasteiger partial charge in [-0.15, -0.1) is 0 Å². The number of piperazine rings is 1. The normalized spacial score (nSPS) is 14.8. The Morgan fingerprint density at radius 2 is 1.77 bits per heavy atom. The van der Waals surface area contributed by atoms with Crippen molar-refractivity contribution in [3.63, 3.8) is 0 Å². The van der Waals surface area contributed by atoms with Crippen LogP contribution >= 0.6 is 0 Å². The highest BCUT2D eigenvalue weighted by molar-refractivity contribution is 5.91. The second-order valence-electron chi connectivity index (χ2n) is 7.59. The molecule has 1 saturated heterocycles. The van der Waals surface area contributed by atoms with Crippen LogP contribution in [0, 0.1) is 6.92 Å². The van der Waals surface area contributed by atoms with Crippen molar-refractivity contribution in [2.24, 2.45) is 0 Å². The SMILES string of the molecule is COc1ccc(-c2noc(CN3CCN(C(=O)/C=C/c4ccc(C)cc4)CC3)n2)cc1. The van der Waals surface area contributed by atoms with Gasteiger partial charge in [0.1, 0.15) is 5.75 Å². The first kappa shape index (κ1) is 20.8. The van der Waals surface area contributed by atoms with E-state index < -0.39 is 0 Å². The molecule has 1 aromatic heterocycles. The molecule has 0 atom stereocenters. The molecule has 1 amide bonds. The van der Waals surface area contributed by atoms with Crippen LogP contribution in [0.2, 0.25) is 0 Å². The predicted molar refractivity (Wildman–Crippen MR) is 118 cm³/mol. The predicted octanol–water partition coefficient (Wildman–Crippen LogP) is 3.41. The summed E-state index contributed by atoms with van der Waals surface area (Å²) >= 11 is 0. The molecule has 31 heavy (non-hydrogen) atoms. The third-order valence-electron chi connectivity index (χ3n) is 5.35. The summed E-state index contributed by atoms with van der Waals surface area (Å²) in [6.07, 6.45) is 3.52. The maximum absolute atomic E-state index is 12.5. The molecule has 0 bridgehead atoms. The lowest BCUT2D eigenvalue weighted by Gasteiger charge is -2.33. The molecule has 160 valence electrons. The van der Waals surface area contributed by atoms with Gasteiger partial charge in [0.2, 0.25) is 17.6 Å². The Morgan fingerprint density at radius 3 is 2.45 bits per heavy atom. The first-order valence-corrected chi connectivity index (χ1v) is 10.3. The minimum absolute atomic E-state index is 0.0415. The summed E-state index contributed by atoms with van der Waals surface area (Å²) in [5, 5.41) is 4.08. The topological polar surface area (TPSA) is 71.7 Å². The second-order valence-corrected chi connectivity index (χ2v) is 7.59. The molecule has 0 aliphatic carbocycles. The quantitative estimate of drug-likeness (QED) is 0.572. The van der Waals surface area contributed by atoms with E-state index in [1.165, 1.54) is 5.56 Å². The summed E-state index contributed by atoms with van der Waals surface area (Å²) in [6.45, 7) is 5.51. The van der Waals surface area contributed by atoms with E-state index in [1.807, 2.05) is 66.4 Å². The number of ether oxygens (including phenoxy) is 1. The van der Waals surface area contributed by atoms with Crippen molar-refractivity contribution >= 4 is 12.0 Å². The Balaban J connectivity index is 1.27. The van der Waals surface area contributed by atoms with E-state index >= 15 is 0 Å². The van der Waals surface area contributed by atoms with Gasteiger partial charge in [0.15, 0.2) is 0 Å². The molecule has 1 fully saturated rings. The number of aromatic nitrogens is 2. The minimum Gasteiger partial charge on any atom is -0.497 e. The second kappa shape index (κ2) is 9.57. The van der Waals surface area contributed by atoms with Crippen LogP contribution in [-0.2, 0) is 11.3 Å². The van der Waals surface area contributed by atoms with Gasteiger partial charge in [-0.05, 0) is 42.8 Å². The summed E-state index contributed by atoms with van der Waals surface area (Å²) < 4.78 is 10.6. The maximum atomic E-state index is 12.5. The van der Waals surface area contributed by atoms with Gasteiger partial charge in [-0.2, -0.15) is 4.98 Å². The van der Waals surface area contributed by atoms with Crippen molar-refractivity contribution in [2.75, 3.05) is 33.3 Å². The fraction of sp³-hybridized carbons (Fsp3) is 0.292. The molecule has 2 aromatic carbocycles. The average Bonchev–Trinajstić information content (AvgIpc) is 3.27. The molecule has 7 heteroatoms. The number of aryl methyl sites for hydroxylation is 1. The molecule has 0 N–H and O–H groups in total. The number of hydrogen-bond acceptors (Lipinski definition) is 6. The van der Waals surface area contributed by atoms with Gasteiger partial charge in [0.25, 0.3) is 0 Å². The summed E-state index contributed by atoms with van der Waals surface area (Å²) in [5.74, 6) is 1.96. The molecule has 1 aliphatic rings. The van der Waals surface area contributed by atoms with Gasteiger partial charge in [0.05, 0.1) is 13.7 Å². The molecule has 1 aliphatic heterocycles. The summed E-state index contributed by atoms with van der Waals surface area (Å²) in [7, 11) is 1.63. The third-order valence-corrected chi connectivity index (χ3v) is 5.35. The highest BCUT2D eigenvalue weighted by Gasteiger charge is 2.21. The van der Waals surface area contributed by atoms with Crippen molar-refractivity contribution in [1.82, 2.24) is 19.9 Å². The molecule has 7 nitrogen and oxygen atoms in total. The average molecular weight is 418 g/mol. The molecule has 3 aromatic rings. The number of hydrogen-bond donors (Lipinski definition) is 0. The zero-order chi connectivity index (χ0) is 21.6. The van der Waals surface area contributed by atoms with Crippen molar-refractivity contribution in [2.45, 2.75) is 13.5 Å². The number of benzene rings is 2.